The van der Waals surface area contributed by atoms with E-state index in [4.69, 9.17) is 4.74 Å². The molecule has 2 bridgehead atoms. The van der Waals surface area contributed by atoms with Gasteiger partial charge in [-0.2, -0.15) is 17.6 Å². The Bertz CT molecular complexity index is 1380. The second-order valence-electron chi connectivity index (χ2n) is 10.6. The summed E-state index contributed by atoms with van der Waals surface area (Å²) in [5.74, 6) is -1.27. The molecule has 2 aliphatic heterocycles. The number of fused-ring (bicyclic) bond motifs is 5. The van der Waals surface area contributed by atoms with Crippen molar-refractivity contribution < 1.29 is 36.6 Å². The Labute approximate surface area is 228 Å². The lowest BCUT2D eigenvalue weighted by Gasteiger charge is -2.37. The summed E-state index contributed by atoms with van der Waals surface area (Å²) in [4.78, 5) is 28.3. The minimum Gasteiger partial charge on any atom is -0.448 e. The molecule has 0 N–H and O–H groups in total. The third-order valence-corrected chi connectivity index (χ3v) is 8.28. The molecule has 1 amide bonds. The van der Waals surface area contributed by atoms with Crippen LogP contribution >= 0.6 is 0 Å². The fourth-order valence-electron chi connectivity index (χ4n) is 6.51. The number of benzene rings is 3. The normalized spacial score (nSPS) is 21.7. The number of piperidine rings is 1. The Morgan fingerprint density at radius 3 is 2.08 bits per heavy atom. The molecule has 2 atom stereocenters. The topological polar surface area (TPSA) is 55.8 Å². The molecule has 0 saturated carbocycles. The van der Waals surface area contributed by atoms with E-state index < -0.39 is 30.3 Å². The first-order chi connectivity index (χ1) is 19.2. The second-order valence-corrected chi connectivity index (χ2v) is 10.6. The molecule has 208 valence electrons. The van der Waals surface area contributed by atoms with Gasteiger partial charge >= 0.3 is 18.6 Å². The van der Waals surface area contributed by atoms with Crippen molar-refractivity contribution in [2.75, 3.05) is 6.61 Å². The predicted octanol–water partition coefficient (Wildman–Crippen LogP) is 7.30. The lowest BCUT2D eigenvalue weighted by atomic mass is 9.85. The van der Waals surface area contributed by atoms with Gasteiger partial charge in [-0.1, -0.05) is 60.7 Å². The zero-order chi connectivity index (χ0) is 28.0. The first-order valence-corrected chi connectivity index (χ1v) is 13.4. The third kappa shape index (κ3) is 4.71. The van der Waals surface area contributed by atoms with Crippen LogP contribution < -0.4 is 4.74 Å². The Kier molecular flexibility index (Phi) is 6.76. The average molecular weight is 554 g/mol. The van der Waals surface area contributed by atoms with Crippen LogP contribution in [0.15, 0.2) is 72.8 Å². The Hall–Kier alpha value is -3.88. The highest BCUT2D eigenvalue weighted by molar-refractivity contribution is 5.98. The molecule has 40 heavy (non-hydrogen) atoms. The van der Waals surface area contributed by atoms with E-state index in [9.17, 15) is 27.2 Å². The fourth-order valence-corrected chi connectivity index (χ4v) is 6.51. The summed E-state index contributed by atoms with van der Waals surface area (Å²) in [5.41, 5.74) is 4.65. The van der Waals surface area contributed by atoms with Crippen LogP contribution in [-0.4, -0.2) is 48.0 Å². The summed E-state index contributed by atoms with van der Waals surface area (Å²) in [5, 5.41) is 0. The van der Waals surface area contributed by atoms with E-state index in [2.05, 4.69) is 29.0 Å². The molecule has 1 aliphatic carbocycles. The first-order valence-electron chi connectivity index (χ1n) is 13.4. The highest BCUT2D eigenvalue weighted by Gasteiger charge is 2.47. The minimum absolute atomic E-state index is 0.0555. The van der Waals surface area contributed by atoms with Gasteiger partial charge in [0.15, 0.2) is 5.78 Å². The van der Waals surface area contributed by atoms with E-state index >= 15 is 0 Å². The number of Topliss-reactive ketones (excluding diaryl/α,β-unsaturated/α-hetero) is 1. The highest BCUT2D eigenvalue weighted by Crippen LogP contribution is 2.45. The van der Waals surface area contributed by atoms with E-state index in [-0.39, 0.29) is 36.0 Å². The standard InChI is InChI=1S/C31H27F4NO4/c32-29(33)31(34,35)40-22-7-5-6-18(16-22)28(37)19-14-20-12-13-21(15-19)36(20)30(38)39-17-27-25-10-3-1-8-23(25)24-9-2-4-11-26(24)27/h1-11,16,19-21,27,29H,12-15,17H2. The van der Waals surface area contributed by atoms with Gasteiger partial charge in [-0.15, -0.1) is 0 Å². The van der Waals surface area contributed by atoms with Crippen molar-refractivity contribution in [2.45, 2.75) is 56.2 Å². The summed E-state index contributed by atoms with van der Waals surface area (Å²) in [7, 11) is 0. The van der Waals surface area contributed by atoms with Gasteiger partial charge in [-0.05, 0) is 60.1 Å². The molecule has 9 heteroatoms. The molecule has 3 aromatic carbocycles. The predicted molar refractivity (Wildman–Crippen MR) is 139 cm³/mol. The molecular formula is C31H27F4NO4. The van der Waals surface area contributed by atoms with Crippen molar-refractivity contribution in [3.05, 3.63) is 89.5 Å². The fraction of sp³-hybridized carbons (Fsp3) is 0.355. The van der Waals surface area contributed by atoms with Crippen LogP contribution in [0.5, 0.6) is 5.75 Å². The van der Waals surface area contributed by atoms with E-state index in [1.165, 1.54) is 12.1 Å². The maximum absolute atomic E-state index is 13.4. The quantitative estimate of drug-likeness (QED) is 0.228. The zero-order valence-corrected chi connectivity index (χ0v) is 21.4. The molecule has 3 aromatic rings. The minimum atomic E-state index is -4.66. The smallest absolute Gasteiger partial charge is 0.448 e. The lowest BCUT2D eigenvalue weighted by molar-refractivity contribution is -0.253. The maximum atomic E-state index is 13.4. The maximum Gasteiger partial charge on any atom is 0.461 e. The van der Waals surface area contributed by atoms with Crippen LogP contribution in [0.25, 0.3) is 11.1 Å². The number of alkyl halides is 4. The van der Waals surface area contributed by atoms with Crippen molar-refractivity contribution in [2.24, 2.45) is 5.92 Å². The van der Waals surface area contributed by atoms with Crippen LogP contribution in [0.1, 0.15) is 53.1 Å². The van der Waals surface area contributed by atoms with Crippen LogP contribution in [-0.2, 0) is 4.74 Å². The number of hydrogen-bond acceptors (Lipinski definition) is 4. The first kappa shape index (κ1) is 26.3. The van der Waals surface area contributed by atoms with Gasteiger partial charge in [0, 0.05) is 29.5 Å². The molecule has 0 aromatic heterocycles. The van der Waals surface area contributed by atoms with E-state index in [1.807, 2.05) is 24.3 Å². The molecule has 2 fully saturated rings. The third-order valence-electron chi connectivity index (χ3n) is 8.28. The van der Waals surface area contributed by atoms with E-state index in [0.29, 0.717) is 12.8 Å². The number of ketones is 1. The lowest BCUT2D eigenvalue weighted by Crippen LogP contribution is -2.48. The number of halogens is 4. The van der Waals surface area contributed by atoms with Gasteiger partial charge in [-0.3, -0.25) is 4.79 Å². The van der Waals surface area contributed by atoms with Gasteiger partial charge in [0.2, 0.25) is 0 Å². The molecule has 3 aliphatic rings. The molecule has 5 nitrogen and oxygen atoms in total. The number of carbonyl (C=O) groups is 2. The van der Waals surface area contributed by atoms with Crippen molar-refractivity contribution in [3.63, 3.8) is 0 Å². The summed E-state index contributed by atoms with van der Waals surface area (Å²) >= 11 is 0. The van der Waals surface area contributed by atoms with Crippen molar-refractivity contribution in [1.29, 1.82) is 0 Å². The largest absolute Gasteiger partial charge is 0.461 e. The number of ether oxygens (including phenoxy) is 2. The molecule has 0 spiro atoms. The molecule has 0 radical (unpaired) electrons. The Morgan fingerprint density at radius 2 is 1.48 bits per heavy atom. The van der Waals surface area contributed by atoms with Gasteiger partial charge in [0.05, 0.1) is 0 Å². The summed E-state index contributed by atoms with van der Waals surface area (Å²) in [6.45, 7) is 0.210. The molecule has 2 unspecified atom stereocenters. The molecule has 6 rings (SSSR count). The van der Waals surface area contributed by atoms with Crippen molar-refractivity contribution >= 4 is 11.9 Å². The molecule has 2 heterocycles. The molecule has 2 saturated heterocycles. The van der Waals surface area contributed by atoms with Gasteiger partial charge in [0.1, 0.15) is 12.4 Å². The number of rotatable bonds is 7. The second kappa shape index (κ2) is 10.3. The number of carbonyl (C=O) groups excluding carboxylic acids is 2. The monoisotopic (exact) mass is 553 g/mol. The van der Waals surface area contributed by atoms with Gasteiger partial charge < -0.3 is 14.4 Å². The zero-order valence-electron chi connectivity index (χ0n) is 21.4. The van der Waals surface area contributed by atoms with Crippen LogP contribution in [0, 0.1) is 5.92 Å². The van der Waals surface area contributed by atoms with E-state index in [1.54, 1.807) is 4.90 Å². The number of amides is 1. The van der Waals surface area contributed by atoms with Gasteiger partial charge in [-0.25, -0.2) is 4.79 Å². The van der Waals surface area contributed by atoms with Gasteiger partial charge in [0.25, 0.3) is 0 Å². The molecular weight excluding hydrogens is 526 g/mol. The summed E-state index contributed by atoms with van der Waals surface area (Å²) < 4.78 is 61.8. The van der Waals surface area contributed by atoms with Crippen molar-refractivity contribution in [1.82, 2.24) is 4.90 Å². The van der Waals surface area contributed by atoms with Crippen LogP contribution in [0.4, 0.5) is 22.4 Å². The Morgan fingerprint density at radius 1 is 0.875 bits per heavy atom. The van der Waals surface area contributed by atoms with Crippen LogP contribution in [0.2, 0.25) is 0 Å². The van der Waals surface area contributed by atoms with E-state index in [0.717, 1.165) is 47.2 Å². The van der Waals surface area contributed by atoms with Crippen LogP contribution in [0.3, 0.4) is 0 Å². The number of hydrogen-bond donors (Lipinski definition) is 0. The van der Waals surface area contributed by atoms with Crippen molar-refractivity contribution in [3.8, 4) is 16.9 Å². The summed E-state index contributed by atoms with van der Waals surface area (Å²) in [6, 6.07) is 20.8. The highest BCUT2D eigenvalue weighted by atomic mass is 19.3. The Balaban J connectivity index is 1.11. The number of nitrogens with zero attached hydrogens (tertiary/aromatic N) is 1. The average Bonchev–Trinajstić information content (AvgIpc) is 3.41. The summed E-state index contributed by atoms with van der Waals surface area (Å²) in [6.07, 6.45) is -6.75. The SMILES string of the molecule is O=C(c1cccc(OC(F)(F)C(F)F)c1)C1CC2CCC(C1)N2C(=O)OCC1c2ccccc2-c2ccccc21.